The molecule has 2 heterocycles. The predicted molar refractivity (Wildman–Crippen MR) is 99.6 cm³/mol. The Kier molecular flexibility index (Phi) is 3.64. The molecule has 3 N–H and O–H groups in total. The first-order chi connectivity index (χ1) is 11.6. The molecular formula is C18H13ClN2O2S. The van der Waals surface area contributed by atoms with Crippen LogP contribution in [0.2, 0.25) is 5.02 Å². The van der Waals surface area contributed by atoms with Crippen LogP contribution in [0.5, 0.6) is 0 Å². The van der Waals surface area contributed by atoms with Crippen LogP contribution in [0.1, 0.15) is 5.56 Å². The number of aromatic nitrogens is 1. The molecule has 0 fully saturated rings. The Morgan fingerprint density at radius 2 is 2.04 bits per heavy atom. The first kappa shape index (κ1) is 15.3. The zero-order valence-electron chi connectivity index (χ0n) is 12.7. The van der Waals surface area contributed by atoms with Gasteiger partial charge in [-0.25, -0.2) is 0 Å². The highest BCUT2D eigenvalue weighted by Gasteiger charge is 2.18. The fourth-order valence-corrected chi connectivity index (χ4v) is 3.46. The van der Waals surface area contributed by atoms with E-state index < -0.39 is 0 Å². The first-order valence-corrected chi connectivity index (χ1v) is 8.56. The second-order valence-corrected chi connectivity index (χ2v) is 6.69. The minimum Gasteiger partial charge on any atom is -0.454 e. The van der Waals surface area contributed by atoms with Gasteiger partial charge in [-0.3, -0.25) is 9.93 Å². The van der Waals surface area contributed by atoms with Crippen molar-refractivity contribution in [2.24, 2.45) is 5.14 Å². The maximum atomic E-state index is 12.4. The molecule has 120 valence electrons. The Morgan fingerprint density at radius 1 is 1.21 bits per heavy atom. The number of hydrogen-bond donors (Lipinski definition) is 2. The third-order valence-electron chi connectivity index (χ3n) is 4.09. The van der Waals surface area contributed by atoms with Crippen molar-refractivity contribution in [2.75, 3.05) is 0 Å². The van der Waals surface area contributed by atoms with Crippen LogP contribution in [0.4, 0.5) is 0 Å². The van der Waals surface area contributed by atoms with E-state index in [1.165, 1.54) is 11.9 Å². The smallest absolute Gasteiger partial charge is 0.252 e. The number of benzene rings is 2. The van der Waals surface area contributed by atoms with E-state index in [0.29, 0.717) is 27.3 Å². The van der Waals surface area contributed by atoms with E-state index in [9.17, 15) is 4.79 Å². The molecule has 4 nitrogen and oxygen atoms in total. The van der Waals surface area contributed by atoms with Crippen LogP contribution >= 0.6 is 23.5 Å². The standard InChI is InChI=1S/C18H13ClN2O2S/c1-9-15(10-3-2-4-12(7-10)24-20)17-16(21-18(9)22)13-8-11(19)5-6-14(13)23-17/h2-8H,20H2,1H3,(H,21,22). The van der Waals surface area contributed by atoms with Crippen molar-refractivity contribution in [1.29, 1.82) is 0 Å². The van der Waals surface area contributed by atoms with E-state index in [1.54, 1.807) is 25.1 Å². The number of furan rings is 1. The second kappa shape index (κ2) is 5.70. The molecule has 2 aromatic heterocycles. The summed E-state index contributed by atoms with van der Waals surface area (Å²) in [5.74, 6) is 0. The van der Waals surface area contributed by atoms with Gasteiger partial charge in [-0.15, -0.1) is 0 Å². The second-order valence-electron chi connectivity index (χ2n) is 5.55. The molecule has 0 saturated carbocycles. The van der Waals surface area contributed by atoms with Crippen molar-refractivity contribution in [2.45, 2.75) is 11.8 Å². The van der Waals surface area contributed by atoms with E-state index in [0.717, 1.165) is 21.4 Å². The van der Waals surface area contributed by atoms with E-state index in [-0.39, 0.29) is 5.56 Å². The van der Waals surface area contributed by atoms with Gasteiger partial charge in [0.05, 0.1) is 5.52 Å². The largest absolute Gasteiger partial charge is 0.454 e. The Bertz CT molecular complexity index is 1150. The van der Waals surface area contributed by atoms with Gasteiger partial charge in [0.25, 0.3) is 5.56 Å². The summed E-state index contributed by atoms with van der Waals surface area (Å²) in [6, 6.07) is 13.1. The summed E-state index contributed by atoms with van der Waals surface area (Å²) in [6.07, 6.45) is 0. The fraction of sp³-hybridized carbons (Fsp3) is 0.0556. The Labute approximate surface area is 146 Å². The average molecular weight is 357 g/mol. The SMILES string of the molecule is Cc1c(-c2cccc(SN)c2)c2oc3ccc(Cl)cc3c2[nH]c1=O. The number of hydrogen-bond acceptors (Lipinski definition) is 4. The summed E-state index contributed by atoms with van der Waals surface area (Å²) < 4.78 is 6.04. The molecule has 0 unspecified atom stereocenters. The molecule has 6 heteroatoms. The molecule has 0 aliphatic heterocycles. The molecule has 0 bridgehead atoms. The van der Waals surface area contributed by atoms with Crippen molar-refractivity contribution in [1.82, 2.24) is 4.98 Å². The fourth-order valence-electron chi connectivity index (χ4n) is 2.93. The van der Waals surface area contributed by atoms with Gasteiger partial charge < -0.3 is 9.40 Å². The summed E-state index contributed by atoms with van der Waals surface area (Å²) >= 11 is 7.26. The number of nitrogens with one attached hydrogen (secondary N) is 1. The lowest BCUT2D eigenvalue weighted by atomic mass is 10.0. The summed E-state index contributed by atoms with van der Waals surface area (Å²) in [7, 11) is 0. The number of rotatable bonds is 2. The lowest BCUT2D eigenvalue weighted by Crippen LogP contribution is -2.10. The van der Waals surface area contributed by atoms with Gasteiger partial charge in [-0.2, -0.15) is 0 Å². The number of fused-ring (bicyclic) bond motifs is 3. The number of aromatic amines is 1. The van der Waals surface area contributed by atoms with Crippen molar-refractivity contribution in [3.63, 3.8) is 0 Å². The number of pyridine rings is 1. The van der Waals surface area contributed by atoms with Crippen LogP contribution < -0.4 is 10.7 Å². The van der Waals surface area contributed by atoms with Crippen LogP contribution in [-0.4, -0.2) is 4.98 Å². The highest BCUT2D eigenvalue weighted by atomic mass is 35.5. The Balaban J connectivity index is 2.15. The highest BCUT2D eigenvalue weighted by Crippen LogP contribution is 2.36. The third-order valence-corrected chi connectivity index (χ3v) is 4.85. The van der Waals surface area contributed by atoms with Gasteiger partial charge >= 0.3 is 0 Å². The van der Waals surface area contributed by atoms with Crippen molar-refractivity contribution < 1.29 is 4.42 Å². The molecule has 0 radical (unpaired) electrons. The molecule has 0 atom stereocenters. The van der Waals surface area contributed by atoms with Gasteiger partial charge in [0.1, 0.15) is 5.58 Å². The minimum atomic E-state index is -0.147. The molecule has 0 aliphatic rings. The molecule has 0 spiro atoms. The third kappa shape index (κ3) is 2.33. The van der Waals surface area contributed by atoms with Gasteiger partial charge in [0.15, 0.2) is 5.58 Å². The summed E-state index contributed by atoms with van der Waals surface area (Å²) in [4.78, 5) is 16.3. The summed E-state index contributed by atoms with van der Waals surface area (Å²) in [5.41, 5.74) is 4.10. The summed E-state index contributed by atoms with van der Waals surface area (Å²) in [6.45, 7) is 1.79. The van der Waals surface area contributed by atoms with Gasteiger partial charge in [-0.1, -0.05) is 23.7 Å². The van der Waals surface area contributed by atoms with Gasteiger partial charge in [0, 0.05) is 26.4 Å². The normalized spacial score (nSPS) is 11.5. The highest BCUT2D eigenvalue weighted by molar-refractivity contribution is 7.97. The first-order valence-electron chi connectivity index (χ1n) is 7.30. The van der Waals surface area contributed by atoms with Crippen molar-refractivity contribution >= 4 is 45.6 Å². The number of H-pyrrole nitrogens is 1. The van der Waals surface area contributed by atoms with E-state index >= 15 is 0 Å². The van der Waals surface area contributed by atoms with Crippen LogP contribution in [-0.2, 0) is 0 Å². The Morgan fingerprint density at radius 3 is 2.83 bits per heavy atom. The molecule has 2 aromatic carbocycles. The minimum absolute atomic E-state index is 0.147. The molecule has 0 amide bonds. The number of halogens is 1. The number of nitrogens with two attached hydrogens (primary N) is 1. The Hall–Kier alpha value is -2.21. The van der Waals surface area contributed by atoms with Crippen LogP contribution in [0, 0.1) is 6.92 Å². The van der Waals surface area contributed by atoms with Gasteiger partial charge in [0.2, 0.25) is 0 Å². The lowest BCUT2D eigenvalue weighted by Gasteiger charge is -2.07. The van der Waals surface area contributed by atoms with E-state index in [1.807, 2.05) is 24.3 Å². The zero-order valence-corrected chi connectivity index (χ0v) is 14.3. The van der Waals surface area contributed by atoms with E-state index in [2.05, 4.69) is 4.98 Å². The molecule has 0 saturated heterocycles. The van der Waals surface area contributed by atoms with Crippen LogP contribution in [0.3, 0.4) is 0 Å². The molecular weight excluding hydrogens is 344 g/mol. The van der Waals surface area contributed by atoms with Crippen LogP contribution in [0.25, 0.3) is 33.2 Å². The summed E-state index contributed by atoms with van der Waals surface area (Å²) in [5, 5.41) is 7.05. The maximum Gasteiger partial charge on any atom is 0.252 e. The quantitative estimate of drug-likeness (QED) is 0.503. The predicted octanol–water partition coefficient (Wildman–Crippen LogP) is 4.87. The molecule has 24 heavy (non-hydrogen) atoms. The van der Waals surface area contributed by atoms with Crippen molar-refractivity contribution in [3.05, 3.63) is 63.4 Å². The van der Waals surface area contributed by atoms with Crippen molar-refractivity contribution in [3.8, 4) is 11.1 Å². The monoisotopic (exact) mass is 356 g/mol. The molecule has 4 rings (SSSR count). The average Bonchev–Trinajstić information content (AvgIpc) is 2.93. The lowest BCUT2D eigenvalue weighted by molar-refractivity contribution is 0.668. The molecule has 4 aromatic rings. The van der Waals surface area contributed by atoms with Crippen LogP contribution in [0.15, 0.2) is 56.6 Å². The zero-order chi connectivity index (χ0) is 16.8. The topological polar surface area (TPSA) is 72.0 Å². The van der Waals surface area contributed by atoms with E-state index in [4.69, 9.17) is 21.2 Å². The molecule has 0 aliphatic carbocycles. The van der Waals surface area contributed by atoms with Gasteiger partial charge in [-0.05, 0) is 54.8 Å². The maximum absolute atomic E-state index is 12.4.